The second-order valence-corrected chi connectivity index (χ2v) is 5.87. The van der Waals surface area contributed by atoms with E-state index in [0.29, 0.717) is 19.0 Å². The molecule has 0 aliphatic heterocycles. The van der Waals surface area contributed by atoms with Crippen molar-refractivity contribution in [3.8, 4) is 5.69 Å². The number of amides is 1. The summed E-state index contributed by atoms with van der Waals surface area (Å²) >= 11 is 0. The second kappa shape index (κ2) is 7.22. The topological polar surface area (TPSA) is 50.2 Å². The van der Waals surface area contributed by atoms with Crippen molar-refractivity contribution in [2.75, 3.05) is 20.6 Å². The standard InChI is InChI=1S/C17H24N4O/c1-13(2)17-14(10-18-11-16(22)20(3)4)12-21(19-17)15-8-6-5-7-9-15/h5-9,12-13,18H,10-11H2,1-4H3. The summed E-state index contributed by atoms with van der Waals surface area (Å²) in [5.41, 5.74) is 3.24. The highest BCUT2D eigenvalue weighted by Gasteiger charge is 2.13. The van der Waals surface area contributed by atoms with Gasteiger partial charge in [0.15, 0.2) is 0 Å². The van der Waals surface area contributed by atoms with Gasteiger partial charge in [0.2, 0.25) is 5.91 Å². The van der Waals surface area contributed by atoms with Gasteiger partial charge in [0.1, 0.15) is 0 Å². The number of hydrogen-bond acceptors (Lipinski definition) is 3. The van der Waals surface area contributed by atoms with E-state index in [-0.39, 0.29) is 5.91 Å². The predicted octanol–water partition coefficient (Wildman–Crippen LogP) is 2.17. The van der Waals surface area contributed by atoms with E-state index < -0.39 is 0 Å². The Morgan fingerprint density at radius 1 is 1.27 bits per heavy atom. The Morgan fingerprint density at radius 3 is 2.55 bits per heavy atom. The molecule has 1 N–H and O–H groups in total. The fraction of sp³-hybridized carbons (Fsp3) is 0.412. The first-order valence-corrected chi connectivity index (χ1v) is 7.53. The number of para-hydroxylation sites is 1. The zero-order valence-corrected chi connectivity index (χ0v) is 13.7. The summed E-state index contributed by atoms with van der Waals surface area (Å²) in [6.45, 7) is 5.24. The molecule has 1 aromatic heterocycles. The molecule has 2 rings (SSSR count). The van der Waals surface area contributed by atoms with E-state index in [1.807, 2.05) is 41.2 Å². The molecule has 1 heterocycles. The van der Waals surface area contributed by atoms with Crippen LogP contribution >= 0.6 is 0 Å². The smallest absolute Gasteiger partial charge is 0.236 e. The van der Waals surface area contributed by atoms with Gasteiger partial charge in [-0.15, -0.1) is 0 Å². The summed E-state index contributed by atoms with van der Waals surface area (Å²) < 4.78 is 1.90. The third-order valence-corrected chi connectivity index (χ3v) is 3.48. The zero-order valence-electron chi connectivity index (χ0n) is 13.7. The van der Waals surface area contributed by atoms with Crippen LogP contribution in [0, 0.1) is 0 Å². The molecule has 0 unspecified atom stereocenters. The van der Waals surface area contributed by atoms with Crippen LogP contribution in [-0.4, -0.2) is 41.2 Å². The van der Waals surface area contributed by atoms with Crippen molar-refractivity contribution in [3.63, 3.8) is 0 Å². The number of rotatable bonds is 6. The maximum absolute atomic E-state index is 11.6. The Labute approximate surface area is 131 Å². The molecule has 0 radical (unpaired) electrons. The average Bonchev–Trinajstić information content (AvgIpc) is 2.92. The highest BCUT2D eigenvalue weighted by Crippen LogP contribution is 2.19. The molecule has 0 aliphatic rings. The molecule has 1 amide bonds. The number of aromatic nitrogens is 2. The van der Waals surface area contributed by atoms with Crippen LogP contribution in [0.1, 0.15) is 31.0 Å². The molecular formula is C17H24N4O. The highest BCUT2D eigenvalue weighted by atomic mass is 16.2. The summed E-state index contributed by atoms with van der Waals surface area (Å²) in [6.07, 6.45) is 2.04. The van der Waals surface area contributed by atoms with E-state index >= 15 is 0 Å². The van der Waals surface area contributed by atoms with Crippen molar-refractivity contribution in [2.24, 2.45) is 0 Å². The van der Waals surface area contributed by atoms with Crippen LogP contribution in [0.5, 0.6) is 0 Å². The Kier molecular flexibility index (Phi) is 5.33. The van der Waals surface area contributed by atoms with Gasteiger partial charge in [-0.05, 0) is 18.1 Å². The first-order valence-electron chi connectivity index (χ1n) is 7.53. The molecule has 0 bridgehead atoms. The molecule has 22 heavy (non-hydrogen) atoms. The minimum Gasteiger partial charge on any atom is -0.348 e. The zero-order chi connectivity index (χ0) is 16.1. The lowest BCUT2D eigenvalue weighted by atomic mass is 10.1. The summed E-state index contributed by atoms with van der Waals surface area (Å²) in [5, 5.41) is 7.89. The monoisotopic (exact) mass is 300 g/mol. The summed E-state index contributed by atoms with van der Waals surface area (Å²) in [7, 11) is 3.52. The van der Waals surface area contributed by atoms with E-state index in [0.717, 1.165) is 16.9 Å². The fourth-order valence-corrected chi connectivity index (χ4v) is 2.22. The normalized spacial score (nSPS) is 11.0. The Morgan fingerprint density at radius 2 is 1.95 bits per heavy atom. The van der Waals surface area contributed by atoms with Gasteiger partial charge in [0.25, 0.3) is 0 Å². The molecule has 0 fully saturated rings. The molecule has 5 heteroatoms. The lowest BCUT2D eigenvalue weighted by Crippen LogP contribution is -2.32. The molecule has 118 valence electrons. The molecule has 0 aliphatic carbocycles. The van der Waals surface area contributed by atoms with E-state index in [9.17, 15) is 4.79 Å². The largest absolute Gasteiger partial charge is 0.348 e. The van der Waals surface area contributed by atoms with E-state index in [1.165, 1.54) is 0 Å². The maximum atomic E-state index is 11.6. The van der Waals surface area contributed by atoms with Crippen LogP contribution in [0.2, 0.25) is 0 Å². The summed E-state index contributed by atoms with van der Waals surface area (Å²) in [6, 6.07) is 10.1. The van der Waals surface area contributed by atoms with E-state index in [1.54, 1.807) is 19.0 Å². The number of nitrogens with zero attached hydrogens (tertiary/aromatic N) is 3. The number of likely N-dealkylation sites (N-methyl/N-ethyl adjacent to an activating group) is 1. The van der Waals surface area contributed by atoms with Gasteiger partial charge < -0.3 is 10.2 Å². The summed E-state index contributed by atoms with van der Waals surface area (Å²) in [4.78, 5) is 13.2. The molecule has 0 saturated heterocycles. The summed E-state index contributed by atoms with van der Waals surface area (Å²) in [5.74, 6) is 0.410. The van der Waals surface area contributed by atoms with Crippen molar-refractivity contribution in [1.29, 1.82) is 0 Å². The molecule has 5 nitrogen and oxygen atoms in total. The lowest BCUT2D eigenvalue weighted by Gasteiger charge is -2.11. The Bertz CT molecular complexity index is 617. The second-order valence-electron chi connectivity index (χ2n) is 5.87. The van der Waals surface area contributed by atoms with Crippen LogP contribution in [0.15, 0.2) is 36.5 Å². The minimum atomic E-state index is 0.0709. The van der Waals surface area contributed by atoms with Crippen LogP contribution in [0.3, 0.4) is 0 Å². The molecule has 0 saturated carbocycles. The quantitative estimate of drug-likeness (QED) is 0.889. The number of benzene rings is 1. The molecule has 1 aromatic carbocycles. The maximum Gasteiger partial charge on any atom is 0.236 e. The lowest BCUT2D eigenvalue weighted by molar-refractivity contribution is -0.127. The Balaban J connectivity index is 2.13. The first kappa shape index (κ1) is 16.2. The van der Waals surface area contributed by atoms with E-state index in [2.05, 4.69) is 19.2 Å². The minimum absolute atomic E-state index is 0.0709. The molecular weight excluding hydrogens is 276 g/mol. The number of nitrogens with one attached hydrogen (secondary N) is 1. The van der Waals surface area contributed by atoms with Crippen molar-refractivity contribution in [1.82, 2.24) is 20.0 Å². The predicted molar refractivity (Wildman–Crippen MR) is 88.1 cm³/mol. The van der Waals surface area contributed by atoms with Crippen molar-refractivity contribution in [3.05, 3.63) is 47.8 Å². The van der Waals surface area contributed by atoms with E-state index in [4.69, 9.17) is 5.10 Å². The molecule has 0 spiro atoms. The van der Waals surface area contributed by atoms with Gasteiger partial charge in [-0.25, -0.2) is 4.68 Å². The van der Waals surface area contributed by atoms with Gasteiger partial charge in [-0.2, -0.15) is 5.10 Å². The van der Waals surface area contributed by atoms with Gasteiger partial charge in [-0.1, -0.05) is 32.0 Å². The first-order chi connectivity index (χ1) is 10.5. The van der Waals surface area contributed by atoms with Crippen LogP contribution in [0.25, 0.3) is 5.69 Å². The van der Waals surface area contributed by atoms with Gasteiger partial charge in [0, 0.05) is 32.4 Å². The fourth-order valence-electron chi connectivity index (χ4n) is 2.22. The third-order valence-electron chi connectivity index (χ3n) is 3.48. The van der Waals surface area contributed by atoms with Gasteiger partial charge in [0.05, 0.1) is 17.9 Å². The van der Waals surface area contributed by atoms with Crippen LogP contribution in [-0.2, 0) is 11.3 Å². The van der Waals surface area contributed by atoms with Gasteiger partial charge >= 0.3 is 0 Å². The van der Waals surface area contributed by atoms with Crippen molar-refractivity contribution >= 4 is 5.91 Å². The average molecular weight is 300 g/mol. The van der Waals surface area contributed by atoms with Crippen molar-refractivity contribution in [2.45, 2.75) is 26.3 Å². The number of hydrogen-bond donors (Lipinski definition) is 1. The van der Waals surface area contributed by atoms with Crippen LogP contribution in [0.4, 0.5) is 0 Å². The van der Waals surface area contributed by atoms with Crippen LogP contribution < -0.4 is 5.32 Å². The number of carbonyl (C=O) groups excluding carboxylic acids is 1. The SMILES string of the molecule is CC(C)c1nn(-c2ccccc2)cc1CNCC(=O)N(C)C. The third kappa shape index (κ3) is 3.95. The molecule has 0 atom stereocenters. The Hall–Kier alpha value is -2.14. The molecule has 2 aromatic rings. The van der Waals surface area contributed by atoms with Crippen molar-refractivity contribution < 1.29 is 4.79 Å². The highest BCUT2D eigenvalue weighted by molar-refractivity contribution is 5.77. The number of carbonyl (C=O) groups is 1. The van der Waals surface area contributed by atoms with Gasteiger partial charge in [-0.3, -0.25) is 4.79 Å².